The van der Waals surface area contributed by atoms with Gasteiger partial charge in [0.1, 0.15) is 0 Å². The van der Waals surface area contributed by atoms with E-state index in [0.717, 1.165) is 24.3 Å². The summed E-state index contributed by atoms with van der Waals surface area (Å²) in [7, 11) is 0. The van der Waals surface area contributed by atoms with E-state index < -0.39 is 23.5 Å². The Morgan fingerprint density at radius 2 is 0.739 bits per heavy atom. The van der Waals surface area contributed by atoms with Gasteiger partial charge < -0.3 is 25.3 Å². The topological polar surface area (TPSA) is 0 Å². The van der Waals surface area contributed by atoms with E-state index in [1.165, 1.54) is 24.3 Å². The molecule has 125 valence electrons. The minimum absolute atomic E-state index is 0. The van der Waals surface area contributed by atoms with Crippen LogP contribution in [0.3, 0.4) is 0 Å². The van der Waals surface area contributed by atoms with Gasteiger partial charge in [0.15, 0.2) is 0 Å². The van der Waals surface area contributed by atoms with Crippen LogP contribution in [0.4, 0.5) is 26.3 Å². The van der Waals surface area contributed by atoms with E-state index in [0.29, 0.717) is 9.79 Å². The van der Waals surface area contributed by atoms with Crippen LogP contribution in [0.1, 0.15) is 11.1 Å². The van der Waals surface area contributed by atoms with Crippen molar-refractivity contribution in [2.75, 3.05) is 0 Å². The Morgan fingerprint density at radius 1 is 0.522 bits per heavy atom. The summed E-state index contributed by atoms with van der Waals surface area (Å²) in [5.41, 5.74) is -1.32. The molecule has 0 spiro atoms. The molecule has 1 radical (unpaired) electrons. The molecule has 0 heterocycles. The molecular weight excluding hydrogens is 401 g/mol. The maximum absolute atomic E-state index is 11.9. The first-order chi connectivity index (χ1) is 10.00. The summed E-state index contributed by atoms with van der Waals surface area (Å²) in [5.74, 6) is 0. The predicted octanol–water partition coefficient (Wildman–Crippen LogP) is 5.22. The first-order valence-electron chi connectivity index (χ1n) is 5.68. The van der Waals surface area contributed by atoms with Crippen molar-refractivity contribution in [3.05, 3.63) is 59.7 Å². The quantitative estimate of drug-likeness (QED) is 0.333. The molecule has 0 fully saturated rings. The maximum atomic E-state index is 11.9. The number of hydrogen-bond donors (Lipinski definition) is 0. The standard InChI is InChI=1S/2C7H5F3S.Mn/c2*8-7(9,10)5-1-3-6(11)4-2-5;/h2*1-4,11H;/q;;+2/p-2. The molecular formula is C14H8F6MnS2. The summed E-state index contributed by atoms with van der Waals surface area (Å²) < 4.78 is 71.3. The average Bonchev–Trinajstić information content (AvgIpc) is 2.38. The van der Waals surface area contributed by atoms with Crippen LogP contribution in [0.25, 0.3) is 0 Å². The van der Waals surface area contributed by atoms with Gasteiger partial charge in [-0.25, -0.2) is 0 Å². The summed E-state index contributed by atoms with van der Waals surface area (Å²) >= 11 is 9.25. The summed E-state index contributed by atoms with van der Waals surface area (Å²) in [6, 6.07) is 8.95. The molecule has 0 bridgehead atoms. The van der Waals surface area contributed by atoms with Gasteiger partial charge in [-0.2, -0.15) is 36.1 Å². The fraction of sp³-hybridized carbons (Fsp3) is 0.143. The third-order valence-electron chi connectivity index (χ3n) is 2.36. The monoisotopic (exact) mass is 409 g/mol. The molecule has 0 nitrogen and oxygen atoms in total. The van der Waals surface area contributed by atoms with E-state index in [1.807, 2.05) is 0 Å². The summed E-state index contributed by atoms with van der Waals surface area (Å²) in [6.45, 7) is 0. The smallest absolute Gasteiger partial charge is 0.780 e. The summed E-state index contributed by atoms with van der Waals surface area (Å²) in [5, 5.41) is 0. The van der Waals surface area contributed by atoms with Crippen molar-refractivity contribution in [2.24, 2.45) is 0 Å². The largest absolute Gasteiger partial charge is 2.00 e. The zero-order chi connectivity index (χ0) is 17.0. The van der Waals surface area contributed by atoms with Crippen molar-refractivity contribution < 1.29 is 43.4 Å². The molecule has 0 amide bonds. The molecule has 2 aromatic rings. The van der Waals surface area contributed by atoms with Crippen LogP contribution in [0.15, 0.2) is 58.3 Å². The van der Waals surface area contributed by atoms with Gasteiger partial charge >= 0.3 is 29.4 Å². The van der Waals surface area contributed by atoms with E-state index in [-0.39, 0.29) is 17.1 Å². The Morgan fingerprint density at radius 3 is 0.913 bits per heavy atom. The minimum Gasteiger partial charge on any atom is -0.780 e. The molecule has 0 aliphatic carbocycles. The Hall–Kier alpha value is -1.02. The first-order valence-corrected chi connectivity index (χ1v) is 6.50. The van der Waals surface area contributed by atoms with Crippen LogP contribution in [0.5, 0.6) is 0 Å². The van der Waals surface area contributed by atoms with Crippen LogP contribution in [0, 0.1) is 0 Å². The van der Waals surface area contributed by atoms with Gasteiger partial charge in [-0.1, -0.05) is 48.5 Å². The van der Waals surface area contributed by atoms with Crippen molar-refractivity contribution in [1.29, 1.82) is 0 Å². The Bertz CT molecular complexity index is 535. The van der Waals surface area contributed by atoms with Gasteiger partial charge in [0.2, 0.25) is 0 Å². The van der Waals surface area contributed by atoms with Crippen molar-refractivity contribution in [1.82, 2.24) is 0 Å². The molecule has 0 atom stereocenters. The van der Waals surface area contributed by atoms with Gasteiger partial charge in [-0.05, 0) is 0 Å². The third kappa shape index (κ3) is 7.87. The van der Waals surface area contributed by atoms with E-state index in [1.54, 1.807) is 0 Å². The number of halogens is 6. The van der Waals surface area contributed by atoms with E-state index in [9.17, 15) is 26.3 Å². The molecule has 0 aromatic heterocycles. The van der Waals surface area contributed by atoms with Gasteiger partial charge in [-0.15, -0.1) is 0 Å². The zero-order valence-corrected chi connectivity index (χ0v) is 13.9. The second-order valence-electron chi connectivity index (χ2n) is 4.04. The van der Waals surface area contributed by atoms with E-state index in [2.05, 4.69) is 25.3 Å². The Balaban J connectivity index is 0.000000403. The second-order valence-corrected chi connectivity index (χ2v) is 4.99. The van der Waals surface area contributed by atoms with Crippen LogP contribution < -0.4 is 0 Å². The van der Waals surface area contributed by atoms with Crippen molar-refractivity contribution in [2.45, 2.75) is 22.1 Å². The third-order valence-corrected chi connectivity index (χ3v) is 2.91. The average molecular weight is 409 g/mol. The van der Waals surface area contributed by atoms with Crippen LogP contribution in [-0.4, -0.2) is 0 Å². The van der Waals surface area contributed by atoms with E-state index >= 15 is 0 Å². The molecule has 0 unspecified atom stereocenters. The fourth-order valence-electron chi connectivity index (χ4n) is 1.29. The predicted molar refractivity (Wildman–Crippen MR) is 74.2 cm³/mol. The van der Waals surface area contributed by atoms with Gasteiger partial charge in [0.05, 0.1) is 11.1 Å². The minimum atomic E-state index is -4.26. The van der Waals surface area contributed by atoms with Crippen LogP contribution in [0.2, 0.25) is 0 Å². The number of rotatable bonds is 0. The van der Waals surface area contributed by atoms with Gasteiger partial charge in [0, 0.05) is 0 Å². The molecule has 2 aromatic carbocycles. The van der Waals surface area contributed by atoms with E-state index in [4.69, 9.17) is 0 Å². The van der Waals surface area contributed by atoms with Crippen molar-refractivity contribution in [3.63, 3.8) is 0 Å². The Labute approximate surface area is 150 Å². The SMILES string of the molecule is FC(F)(F)c1ccc([S-])cc1.FC(F)(F)c1ccc([S-])cc1.[Mn+2]. The molecule has 2 rings (SSSR count). The first kappa shape index (κ1) is 22.0. The summed E-state index contributed by atoms with van der Waals surface area (Å²) in [6.07, 6.45) is -8.52. The molecule has 0 saturated heterocycles. The second kappa shape index (κ2) is 8.73. The normalized spacial score (nSPS) is 11.0. The zero-order valence-electron chi connectivity index (χ0n) is 11.1. The molecule has 9 heteroatoms. The van der Waals surface area contributed by atoms with Gasteiger partial charge in [0.25, 0.3) is 0 Å². The van der Waals surface area contributed by atoms with Crippen LogP contribution in [-0.2, 0) is 54.7 Å². The van der Waals surface area contributed by atoms with Gasteiger partial charge in [-0.3, -0.25) is 0 Å². The molecule has 0 saturated carbocycles. The Kier molecular flexibility index (Phi) is 8.34. The molecule has 0 N–H and O–H groups in total. The molecule has 0 aliphatic rings. The molecule has 0 aliphatic heterocycles. The number of hydrogen-bond acceptors (Lipinski definition) is 2. The van der Waals surface area contributed by atoms with Crippen LogP contribution >= 0.6 is 0 Å². The van der Waals surface area contributed by atoms with Crippen molar-refractivity contribution >= 4 is 25.3 Å². The summed E-state index contributed by atoms with van der Waals surface area (Å²) in [4.78, 5) is 0.830. The number of alkyl halides is 6. The fourth-order valence-corrected chi connectivity index (χ4v) is 1.56. The number of benzene rings is 2. The molecule has 23 heavy (non-hydrogen) atoms. The maximum Gasteiger partial charge on any atom is 2.00 e. The van der Waals surface area contributed by atoms with Crippen molar-refractivity contribution in [3.8, 4) is 0 Å².